The summed E-state index contributed by atoms with van der Waals surface area (Å²) in [6.45, 7) is 3.61. The third kappa shape index (κ3) is 1.73. The molecule has 0 atom stereocenters. The fraction of sp³-hybridized carbons (Fsp3) is 0.455. The zero-order valence-electron chi connectivity index (χ0n) is 8.18. The molecule has 14 heavy (non-hydrogen) atoms. The first-order chi connectivity index (χ1) is 6.83. The van der Waals surface area contributed by atoms with E-state index in [-0.39, 0.29) is 0 Å². The van der Waals surface area contributed by atoms with Crippen LogP contribution in [0.25, 0.3) is 0 Å². The molecule has 1 aliphatic rings. The predicted molar refractivity (Wildman–Crippen MR) is 59.1 cm³/mol. The SMILES string of the molecule is CCc1c(Br)ccc2c1OCCCO2. The summed E-state index contributed by atoms with van der Waals surface area (Å²) in [6, 6.07) is 3.98. The maximum absolute atomic E-state index is 5.70. The summed E-state index contributed by atoms with van der Waals surface area (Å²) in [4.78, 5) is 0. The van der Waals surface area contributed by atoms with Gasteiger partial charge in [-0.2, -0.15) is 0 Å². The second-order valence-corrected chi connectivity index (χ2v) is 4.11. The third-order valence-corrected chi connectivity index (χ3v) is 3.06. The summed E-state index contributed by atoms with van der Waals surface area (Å²) >= 11 is 3.53. The number of ether oxygens (including phenoxy) is 2. The van der Waals surface area contributed by atoms with Crippen LogP contribution in [0.4, 0.5) is 0 Å². The minimum atomic E-state index is 0.746. The molecule has 3 heteroatoms. The normalized spacial score (nSPS) is 15.0. The molecule has 1 heterocycles. The molecule has 76 valence electrons. The van der Waals surface area contributed by atoms with Crippen molar-refractivity contribution in [3.05, 3.63) is 22.2 Å². The molecule has 1 aromatic carbocycles. The van der Waals surface area contributed by atoms with Gasteiger partial charge in [0.05, 0.1) is 13.2 Å². The third-order valence-electron chi connectivity index (χ3n) is 2.31. The van der Waals surface area contributed by atoms with E-state index in [0.717, 1.165) is 42.0 Å². The molecular weight excluding hydrogens is 244 g/mol. The highest BCUT2D eigenvalue weighted by Crippen LogP contribution is 2.37. The molecular formula is C11H13BrO2. The Hall–Kier alpha value is -0.700. The van der Waals surface area contributed by atoms with Crippen LogP contribution in [0.3, 0.4) is 0 Å². The lowest BCUT2D eigenvalue weighted by Crippen LogP contribution is -1.98. The van der Waals surface area contributed by atoms with Crippen LogP contribution < -0.4 is 9.47 Å². The zero-order valence-corrected chi connectivity index (χ0v) is 9.76. The Morgan fingerprint density at radius 2 is 2.07 bits per heavy atom. The number of hydrogen-bond acceptors (Lipinski definition) is 2. The predicted octanol–water partition coefficient (Wildman–Crippen LogP) is 3.17. The zero-order chi connectivity index (χ0) is 9.97. The lowest BCUT2D eigenvalue weighted by atomic mass is 10.1. The molecule has 0 saturated carbocycles. The molecule has 2 nitrogen and oxygen atoms in total. The van der Waals surface area contributed by atoms with Crippen molar-refractivity contribution >= 4 is 15.9 Å². The number of benzene rings is 1. The summed E-state index contributed by atoms with van der Waals surface area (Å²) in [5, 5.41) is 0. The number of halogens is 1. The Morgan fingerprint density at radius 3 is 2.86 bits per heavy atom. The van der Waals surface area contributed by atoms with Crippen LogP contribution >= 0.6 is 15.9 Å². The van der Waals surface area contributed by atoms with E-state index in [0.29, 0.717) is 0 Å². The van der Waals surface area contributed by atoms with Crippen LogP contribution in [0.1, 0.15) is 18.9 Å². The first-order valence-corrected chi connectivity index (χ1v) is 5.69. The second-order valence-electron chi connectivity index (χ2n) is 3.26. The maximum atomic E-state index is 5.70. The van der Waals surface area contributed by atoms with E-state index < -0.39 is 0 Å². The van der Waals surface area contributed by atoms with Gasteiger partial charge in [0.15, 0.2) is 11.5 Å². The largest absolute Gasteiger partial charge is 0.490 e. The highest BCUT2D eigenvalue weighted by molar-refractivity contribution is 9.10. The second kappa shape index (κ2) is 4.22. The minimum Gasteiger partial charge on any atom is -0.490 e. The molecule has 0 amide bonds. The number of hydrogen-bond donors (Lipinski definition) is 0. The standard InChI is InChI=1S/C11H13BrO2/c1-2-8-9(12)4-5-10-11(8)14-7-3-6-13-10/h4-5H,2-3,6-7H2,1H3. The molecule has 1 aromatic rings. The van der Waals surface area contributed by atoms with Gasteiger partial charge in [-0.1, -0.05) is 22.9 Å². The van der Waals surface area contributed by atoms with Crippen molar-refractivity contribution in [3.8, 4) is 11.5 Å². The molecule has 0 N–H and O–H groups in total. The van der Waals surface area contributed by atoms with Gasteiger partial charge < -0.3 is 9.47 Å². The van der Waals surface area contributed by atoms with Crippen molar-refractivity contribution in [3.63, 3.8) is 0 Å². The van der Waals surface area contributed by atoms with Gasteiger partial charge in [0.2, 0.25) is 0 Å². The van der Waals surface area contributed by atoms with Crippen LogP contribution in [0.15, 0.2) is 16.6 Å². The highest BCUT2D eigenvalue weighted by atomic mass is 79.9. The summed E-state index contributed by atoms with van der Waals surface area (Å²) in [5.74, 6) is 1.79. The van der Waals surface area contributed by atoms with Crippen molar-refractivity contribution in [2.45, 2.75) is 19.8 Å². The lowest BCUT2D eigenvalue weighted by Gasteiger charge is -2.12. The van der Waals surface area contributed by atoms with Gasteiger partial charge in [-0.15, -0.1) is 0 Å². The summed E-state index contributed by atoms with van der Waals surface area (Å²) in [6.07, 6.45) is 1.91. The minimum absolute atomic E-state index is 0.746. The average molecular weight is 257 g/mol. The van der Waals surface area contributed by atoms with E-state index in [2.05, 4.69) is 22.9 Å². The van der Waals surface area contributed by atoms with Gasteiger partial charge in [0.1, 0.15) is 0 Å². The smallest absolute Gasteiger partial charge is 0.165 e. The van der Waals surface area contributed by atoms with Crippen molar-refractivity contribution in [1.29, 1.82) is 0 Å². The first-order valence-electron chi connectivity index (χ1n) is 4.90. The van der Waals surface area contributed by atoms with Crippen molar-refractivity contribution in [1.82, 2.24) is 0 Å². The number of fused-ring (bicyclic) bond motifs is 1. The Labute approximate surface area is 92.3 Å². The van der Waals surface area contributed by atoms with Crippen molar-refractivity contribution < 1.29 is 9.47 Å². The van der Waals surface area contributed by atoms with Crippen LogP contribution in [0.5, 0.6) is 11.5 Å². The fourth-order valence-corrected chi connectivity index (χ4v) is 2.19. The topological polar surface area (TPSA) is 18.5 Å². The highest BCUT2D eigenvalue weighted by Gasteiger charge is 2.15. The van der Waals surface area contributed by atoms with Gasteiger partial charge in [0.25, 0.3) is 0 Å². The molecule has 0 aliphatic carbocycles. The van der Waals surface area contributed by atoms with E-state index in [9.17, 15) is 0 Å². The molecule has 0 aromatic heterocycles. The van der Waals surface area contributed by atoms with Crippen LogP contribution in [-0.2, 0) is 6.42 Å². The molecule has 0 saturated heterocycles. The lowest BCUT2D eigenvalue weighted by molar-refractivity contribution is 0.296. The van der Waals surface area contributed by atoms with E-state index in [1.165, 1.54) is 5.56 Å². The summed E-state index contributed by atoms with van der Waals surface area (Å²) in [7, 11) is 0. The van der Waals surface area contributed by atoms with Gasteiger partial charge in [0, 0.05) is 16.5 Å². The molecule has 0 spiro atoms. The van der Waals surface area contributed by atoms with E-state index in [1.807, 2.05) is 12.1 Å². The molecule has 2 rings (SSSR count). The monoisotopic (exact) mass is 256 g/mol. The molecule has 0 radical (unpaired) electrons. The van der Waals surface area contributed by atoms with Crippen LogP contribution in [0, 0.1) is 0 Å². The van der Waals surface area contributed by atoms with Crippen LogP contribution in [-0.4, -0.2) is 13.2 Å². The fourth-order valence-electron chi connectivity index (χ4n) is 1.60. The molecule has 0 unspecified atom stereocenters. The van der Waals surface area contributed by atoms with Gasteiger partial charge in [-0.25, -0.2) is 0 Å². The van der Waals surface area contributed by atoms with Crippen molar-refractivity contribution in [2.75, 3.05) is 13.2 Å². The Morgan fingerprint density at radius 1 is 1.29 bits per heavy atom. The summed E-state index contributed by atoms with van der Waals surface area (Å²) in [5.41, 5.74) is 1.20. The average Bonchev–Trinajstić information content (AvgIpc) is 2.42. The molecule has 0 bridgehead atoms. The van der Waals surface area contributed by atoms with E-state index >= 15 is 0 Å². The van der Waals surface area contributed by atoms with E-state index in [4.69, 9.17) is 9.47 Å². The van der Waals surface area contributed by atoms with Crippen molar-refractivity contribution in [2.24, 2.45) is 0 Å². The van der Waals surface area contributed by atoms with Gasteiger partial charge in [-0.05, 0) is 18.6 Å². The van der Waals surface area contributed by atoms with Crippen LogP contribution in [0.2, 0.25) is 0 Å². The quantitative estimate of drug-likeness (QED) is 0.769. The maximum Gasteiger partial charge on any atom is 0.165 e. The number of rotatable bonds is 1. The Kier molecular flexibility index (Phi) is 2.96. The molecule has 1 aliphatic heterocycles. The molecule has 0 fully saturated rings. The van der Waals surface area contributed by atoms with Gasteiger partial charge in [-0.3, -0.25) is 0 Å². The first kappa shape index (κ1) is 9.84. The van der Waals surface area contributed by atoms with E-state index in [1.54, 1.807) is 0 Å². The summed E-state index contributed by atoms with van der Waals surface area (Å²) < 4.78 is 12.4. The van der Waals surface area contributed by atoms with Gasteiger partial charge >= 0.3 is 0 Å². The Balaban J connectivity index is 2.48. The Bertz CT molecular complexity index is 336.